The molecule has 0 saturated carbocycles. The molecule has 6 nitrogen and oxygen atoms in total. The van der Waals surface area contributed by atoms with Crippen molar-refractivity contribution in [3.8, 4) is 0 Å². The molecule has 2 heterocycles. The molecule has 0 saturated heterocycles. The largest absolute Gasteiger partial charge is 0.347 e. The van der Waals surface area contributed by atoms with Crippen LogP contribution < -0.4 is 10.6 Å². The van der Waals surface area contributed by atoms with Crippen LogP contribution in [-0.2, 0) is 13.0 Å². The number of hydrogen-bond donors (Lipinski definition) is 2. The normalized spacial score (nSPS) is 10.4. The Balaban J connectivity index is 1.72. The zero-order chi connectivity index (χ0) is 19.9. The number of anilines is 1. The fourth-order valence-corrected chi connectivity index (χ4v) is 2.86. The second-order valence-corrected chi connectivity index (χ2v) is 6.38. The van der Waals surface area contributed by atoms with Gasteiger partial charge in [0.15, 0.2) is 0 Å². The van der Waals surface area contributed by atoms with Crippen LogP contribution in [0.3, 0.4) is 0 Å². The number of nitrogens with zero attached hydrogens (tertiary/aromatic N) is 2. The molecule has 0 unspecified atom stereocenters. The topological polar surface area (TPSA) is 84.0 Å². The molecule has 28 heavy (non-hydrogen) atoms. The molecule has 0 spiro atoms. The number of carbonyl (C=O) groups is 2. The summed E-state index contributed by atoms with van der Waals surface area (Å²) in [5.74, 6) is -0.605. The van der Waals surface area contributed by atoms with Crippen LogP contribution in [0.1, 0.15) is 44.5 Å². The van der Waals surface area contributed by atoms with Crippen molar-refractivity contribution < 1.29 is 9.59 Å². The maximum absolute atomic E-state index is 12.7. The predicted molar refractivity (Wildman–Crippen MR) is 108 cm³/mol. The van der Waals surface area contributed by atoms with E-state index >= 15 is 0 Å². The standard InChI is InChI=1S/C22H22N4O2/c1-3-17-6-4-5-15(2)20(17)26-21(27)18-9-12-24-19(13-18)22(28)25-14-16-7-10-23-11-8-16/h4-13H,3,14H2,1-2H3,(H,25,28)(H,26,27). The quantitative estimate of drug-likeness (QED) is 0.691. The Morgan fingerprint density at radius 1 is 1.00 bits per heavy atom. The fourth-order valence-electron chi connectivity index (χ4n) is 2.86. The summed E-state index contributed by atoms with van der Waals surface area (Å²) in [6, 6.07) is 12.7. The number of aromatic nitrogens is 2. The number of rotatable bonds is 6. The van der Waals surface area contributed by atoms with E-state index in [0.717, 1.165) is 28.8 Å². The third-order valence-corrected chi connectivity index (χ3v) is 4.44. The van der Waals surface area contributed by atoms with Crippen LogP contribution in [0, 0.1) is 6.92 Å². The first-order valence-electron chi connectivity index (χ1n) is 9.11. The Morgan fingerprint density at radius 2 is 1.79 bits per heavy atom. The van der Waals surface area contributed by atoms with Crippen molar-refractivity contribution in [2.45, 2.75) is 26.8 Å². The lowest BCUT2D eigenvalue weighted by atomic mass is 10.1. The molecule has 0 aliphatic rings. The van der Waals surface area contributed by atoms with Crippen molar-refractivity contribution in [2.75, 3.05) is 5.32 Å². The number of nitrogens with one attached hydrogen (secondary N) is 2. The highest BCUT2D eigenvalue weighted by atomic mass is 16.2. The summed E-state index contributed by atoms with van der Waals surface area (Å²) in [4.78, 5) is 33.1. The lowest BCUT2D eigenvalue weighted by Crippen LogP contribution is -2.24. The Hall–Kier alpha value is -3.54. The van der Waals surface area contributed by atoms with Gasteiger partial charge in [-0.05, 0) is 54.3 Å². The van der Waals surface area contributed by atoms with Gasteiger partial charge in [0.2, 0.25) is 0 Å². The highest BCUT2D eigenvalue weighted by Crippen LogP contribution is 2.22. The molecule has 0 bridgehead atoms. The van der Waals surface area contributed by atoms with Crippen LogP contribution in [0.2, 0.25) is 0 Å². The highest BCUT2D eigenvalue weighted by Gasteiger charge is 2.14. The molecule has 2 amide bonds. The van der Waals surface area contributed by atoms with E-state index in [1.54, 1.807) is 18.5 Å². The van der Waals surface area contributed by atoms with Crippen molar-refractivity contribution in [1.82, 2.24) is 15.3 Å². The number of para-hydroxylation sites is 1. The van der Waals surface area contributed by atoms with Gasteiger partial charge in [0.25, 0.3) is 11.8 Å². The van der Waals surface area contributed by atoms with Gasteiger partial charge < -0.3 is 10.6 Å². The highest BCUT2D eigenvalue weighted by molar-refractivity contribution is 6.06. The molecule has 2 N–H and O–H groups in total. The SMILES string of the molecule is CCc1cccc(C)c1NC(=O)c1ccnc(C(=O)NCc2ccncc2)c1. The van der Waals surface area contributed by atoms with Gasteiger partial charge in [-0.25, -0.2) is 0 Å². The van der Waals surface area contributed by atoms with Gasteiger partial charge in [-0.2, -0.15) is 0 Å². The number of pyridine rings is 2. The number of hydrogen-bond acceptors (Lipinski definition) is 4. The van der Waals surface area contributed by atoms with Crippen LogP contribution in [0.25, 0.3) is 0 Å². The van der Waals surface area contributed by atoms with Crippen molar-refractivity contribution in [3.05, 3.63) is 89.0 Å². The van der Waals surface area contributed by atoms with E-state index in [2.05, 4.69) is 20.6 Å². The third kappa shape index (κ3) is 4.59. The summed E-state index contributed by atoms with van der Waals surface area (Å²) in [5.41, 5.74) is 4.39. The second kappa shape index (κ2) is 8.90. The van der Waals surface area contributed by atoms with E-state index < -0.39 is 0 Å². The number of benzene rings is 1. The first kappa shape index (κ1) is 19.2. The van der Waals surface area contributed by atoms with Crippen LogP contribution >= 0.6 is 0 Å². The van der Waals surface area contributed by atoms with Crippen LogP contribution in [0.15, 0.2) is 61.1 Å². The van der Waals surface area contributed by atoms with Gasteiger partial charge in [0.1, 0.15) is 5.69 Å². The smallest absolute Gasteiger partial charge is 0.270 e. The van der Waals surface area contributed by atoms with Crippen LogP contribution in [0.4, 0.5) is 5.69 Å². The first-order chi connectivity index (χ1) is 13.6. The van der Waals surface area contributed by atoms with Gasteiger partial charge in [0.05, 0.1) is 0 Å². The molecule has 0 atom stereocenters. The molecular formula is C22H22N4O2. The molecule has 3 aromatic rings. The number of aryl methyl sites for hydroxylation is 2. The zero-order valence-corrected chi connectivity index (χ0v) is 15.9. The van der Waals surface area contributed by atoms with Crippen molar-refractivity contribution >= 4 is 17.5 Å². The van der Waals surface area contributed by atoms with Crippen LogP contribution in [-0.4, -0.2) is 21.8 Å². The summed E-state index contributed by atoms with van der Waals surface area (Å²) in [5, 5.41) is 5.76. The Morgan fingerprint density at radius 3 is 2.54 bits per heavy atom. The molecular weight excluding hydrogens is 352 g/mol. The van der Waals surface area contributed by atoms with E-state index in [-0.39, 0.29) is 17.5 Å². The maximum Gasteiger partial charge on any atom is 0.270 e. The average molecular weight is 374 g/mol. The monoisotopic (exact) mass is 374 g/mol. The summed E-state index contributed by atoms with van der Waals surface area (Å²) < 4.78 is 0. The number of amides is 2. The zero-order valence-electron chi connectivity index (χ0n) is 15.9. The minimum absolute atomic E-state index is 0.196. The molecule has 0 fully saturated rings. The van der Waals surface area contributed by atoms with Gasteiger partial charge in [0, 0.05) is 36.4 Å². The molecule has 0 radical (unpaired) electrons. The van der Waals surface area contributed by atoms with Crippen molar-refractivity contribution in [3.63, 3.8) is 0 Å². The summed E-state index contributed by atoms with van der Waals surface area (Å²) >= 11 is 0. The molecule has 0 aliphatic carbocycles. The van der Waals surface area contributed by atoms with E-state index in [0.29, 0.717) is 12.1 Å². The molecule has 0 aliphatic heterocycles. The summed E-state index contributed by atoms with van der Waals surface area (Å²) in [7, 11) is 0. The Labute approximate surface area is 164 Å². The minimum Gasteiger partial charge on any atom is -0.347 e. The molecule has 3 rings (SSSR count). The van der Waals surface area contributed by atoms with Gasteiger partial charge >= 0.3 is 0 Å². The van der Waals surface area contributed by atoms with E-state index in [4.69, 9.17) is 0 Å². The second-order valence-electron chi connectivity index (χ2n) is 6.38. The predicted octanol–water partition coefficient (Wildman–Crippen LogP) is 3.53. The van der Waals surface area contributed by atoms with Crippen molar-refractivity contribution in [1.29, 1.82) is 0 Å². The first-order valence-corrected chi connectivity index (χ1v) is 9.11. The van der Waals surface area contributed by atoms with Crippen LogP contribution in [0.5, 0.6) is 0 Å². The summed E-state index contributed by atoms with van der Waals surface area (Å²) in [6.45, 7) is 4.37. The third-order valence-electron chi connectivity index (χ3n) is 4.44. The van der Waals surface area contributed by atoms with E-state index in [9.17, 15) is 9.59 Å². The number of carbonyl (C=O) groups excluding carboxylic acids is 2. The Bertz CT molecular complexity index is 987. The molecule has 6 heteroatoms. The molecule has 2 aromatic heterocycles. The Kier molecular flexibility index (Phi) is 6.11. The molecule has 1 aromatic carbocycles. The lowest BCUT2D eigenvalue weighted by Gasteiger charge is -2.13. The lowest BCUT2D eigenvalue weighted by molar-refractivity contribution is 0.0946. The average Bonchev–Trinajstić information content (AvgIpc) is 2.74. The van der Waals surface area contributed by atoms with E-state index in [1.165, 1.54) is 12.3 Å². The van der Waals surface area contributed by atoms with Gasteiger partial charge in [-0.1, -0.05) is 25.1 Å². The summed E-state index contributed by atoms with van der Waals surface area (Å²) in [6.07, 6.45) is 5.62. The van der Waals surface area contributed by atoms with Crippen molar-refractivity contribution in [2.24, 2.45) is 0 Å². The minimum atomic E-state index is -0.336. The maximum atomic E-state index is 12.7. The fraction of sp³-hybridized carbons (Fsp3) is 0.182. The van der Waals surface area contributed by atoms with E-state index in [1.807, 2.05) is 44.2 Å². The van der Waals surface area contributed by atoms with Gasteiger partial charge in [-0.3, -0.25) is 19.6 Å². The van der Waals surface area contributed by atoms with Gasteiger partial charge in [-0.15, -0.1) is 0 Å². The molecule has 142 valence electrons.